The van der Waals surface area contributed by atoms with Gasteiger partial charge in [0.05, 0.1) is 4.90 Å². The Bertz CT molecular complexity index is 668. The number of rotatable bonds is 6. The molecule has 2 rings (SSSR count). The minimum Gasteiger partial charge on any atom is -0.208 e. The summed E-state index contributed by atoms with van der Waals surface area (Å²) in [6.45, 7) is 12.7. The summed E-state index contributed by atoms with van der Waals surface area (Å²) < 4.78 is 29.9. The van der Waals surface area contributed by atoms with Crippen LogP contribution in [0, 0.1) is 0 Å². The molecule has 0 radical (unpaired) electrons. The summed E-state index contributed by atoms with van der Waals surface area (Å²) in [4.78, 5) is 0.538. The highest BCUT2D eigenvalue weighted by Gasteiger charge is 2.29. The van der Waals surface area contributed by atoms with Crippen LogP contribution in [0.15, 0.2) is 17.0 Å². The van der Waals surface area contributed by atoms with Crippen molar-refractivity contribution in [1.82, 2.24) is 4.72 Å². The molecule has 1 aliphatic carbocycles. The van der Waals surface area contributed by atoms with Crippen LogP contribution in [0.25, 0.3) is 0 Å². The predicted octanol–water partition coefficient (Wildman–Crippen LogP) is 6.06. The topological polar surface area (TPSA) is 46.2 Å². The molecular weight excluding hydrogens is 342 g/mol. The van der Waals surface area contributed by atoms with Gasteiger partial charge in [0.25, 0.3) is 0 Å². The third-order valence-corrected chi connectivity index (χ3v) is 7.18. The fourth-order valence-electron chi connectivity index (χ4n) is 3.88. The molecule has 1 aromatic carbocycles. The minimum absolute atomic E-state index is 0.0762. The SMILES string of the molecule is CC(C)c1cc(C(C)C)c(S(=O)(=O)NC2CCCCCC2)c(C(C)C)c1. The number of sulfonamides is 1. The number of nitrogens with one attached hydrogen (secondary N) is 1. The Labute approximate surface area is 161 Å². The fraction of sp³-hybridized carbons (Fsp3) is 0.727. The second kappa shape index (κ2) is 8.88. The maximum atomic E-state index is 13.4. The zero-order valence-corrected chi connectivity index (χ0v) is 18.2. The van der Waals surface area contributed by atoms with Crippen LogP contribution < -0.4 is 4.72 Å². The summed E-state index contributed by atoms with van der Waals surface area (Å²) >= 11 is 0. The van der Waals surface area contributed by atoms with Gasteiger partial charge in [-0.1, -0.05) is 79.4 Å². The number of hydrogen-bond donors (Lipinski definition) is 1. The van der Waals surface area contributed by atoms with E-state index in [1.54, 1.807) is 0 Å². The van der Waals surface area contributed by atoms with E-state index in [-0.39, 0.29) is 17.9 Å². The van der Waals surface area contributed by atoms with Crippen molar-refractivity contribution in [1.29, 1.82) is 0 Å². The van der Waals surface area contributed by atoms with Crippen molar-refractivity contribution in [3.63, 3.8) is 0 Å². The first-order valence-electron chi connectivity index (χ1n) is 10.3. The van der Waals surface area contributed by atoms with Crippen LogP contribution in [0.2, 0.25) is 0 Å². The molecule has 1 aromatic rings. The molecule has 0 atom stereocenters. The Balaban J connectivity index is 2.53. The van der Waals surface area contributed by atoms with Gasteiger partial charge in [-0.2, -0.15) is 0 Å². The van der Waals surface area contributed by atoms with Gasteiger partial charge >= 0.3 is 0 Å². The van der Waals surface area contributed by atoms with Gasteiger partial charge in [0.1, 0.15) is 0 Å². The van der Waals surface area contributed by atoms with Gasteiger partial charge in [-0.3, -0.25) is 0 Å². The van der Waals surface area contributed by atoms with E-state index in [1.165, 1.54) is 18.4 Å². The molecule has 0 heterocycles. The van der Waals surface area contributed by atoms with Gasteiger partial charge in [0.2, 0.25) is 10.0 Å². The quantitative estimate of drug-likeness (QED) is 0.611. The molecule has 26 heavy (non-hydrogen) atoms. The number of benzene rings is 1. The normalized spacial score (nSPS) is 17.3. The molecule has 1 N–H and O–H groups in total. The summed E-state index contributed by atoms with van der Waals surface area (Å²) in [5, 5.41) is 0. The molecule has 148 valence electrons. The highest BCUT2D eigenvalue weighted by molar-refractivity contribution is 7.89. The molecule has 1 saturated carbocycles. The lowest BCUT2D eigenvalue weighted by Gasteiger charge is -2.25. The van der Waals surface area contributed by atoms with E-state index in [1.807, 2.05) is 0 Å². The van der Waals surface area contributed by atoms with Crippen LogP contribution in [0.1, 0.15) is 115 Å². The average Bonchev–Trinajstić information content (AvgIpc) is 2.81. The second-order valence-electron chi connectivity index (χ2n) is 8.80. The van der Waals surface area contributed by atoms with Crippen LogP contribution in [0.4, 0.5) is 0 Å². The predicted molar refractivity (Wildman–Crippen MR) is 111 cm³/mol. The first-order chi connectivity index (χ1) is 12.1. The van der Waals surface area contributed by atoms with Crippen molar-refractivity contribution in [2.75, 3.05) is 0 Å². The summed E-state index contributed by atoms with van der Waals surface area (Å²) in [5.74, 6) is 0.732. The van der Waals surface area contributed by atoms with Crippen molar-refractivity contribution in [3.05, 3.63) is 28.8 Å². The number of hydrogen-bond acceptors (Lipinski definition) is 2. The maximum Gasteiger partial charge on any atom is 0.241 e. The monoisotopic (exact) mass is 379 g/mol. The van der Waals surface area contributed by atoms with Gasteiger partial charge < -0.3 is 0 Å². The van der Waals surface area contributed by atoms with E-state index in [0.29, 0.717) is 10.8 Å². The third kappa shape index (κ3) is 5.10. The van der Waals surface area contributed by atoms with E-state index in [0.717, 1.165) is 36.8 Å². The zero-order valence-electron chi connectivity index (χ0n) is 17.4. The Hall–Kier alpha value is -0.870. The van der Waals surface area contributed by atoms with E-state index in [4.69, 9.17) is 0 Å². The van der Waals surface area contributed by atoms with Crippen LogP contribution in [0.3, 0.4) is 0 Å². The minimum atomic E-state index is -3.52. The fourth-order valence-corrected chi connectivity index (χ4v) is 5.88. The Morgan fingerprint density at radius 3 is 1.65 bits per heavy atom. The van der Waals surface area contributed by atoms with Gasteiger partial charge in [0, 0.05) is 6.04 Å². The lowest BCUT2D eigenvalue weighted by molar-refractivity contribution is 0.507. The van der Waals surface area contributed by atoms with Crippen LogP contribution in [0.5, 0.6) is 0 Å². The maximum absolute atomic E-state index is 13.4. The van der Waals surface area contributed by atoms with E-state index in [2.05, 4.69) is 58.4 Å². The Kier molecular flexibility index (Phi) is 7.32. The molecule has 1 fully saturated rings. The Morgan fingerprint density at radius 1 is 0.808 bits per heavy atom. The van der Waals surface area contributed by atoms with Crippen molar-refractivity contribution < 1.29 is 8.42 Å². The van der Waals surface area contributed by atoms with Crippen LogP contribution in [-0.4, -0.2) is 14.5 Å². The molecule has 0 saturated heterocycles. The van der Waals surface area contributed by atoms with Crippen LogP contribution >= 0.6 is 0 Å². The van der Waals surface area contributed by atoms with Crippen molar-refractivity contribution >= 4 is 10.0 Å². The first kappa shape index (κ1) is 21.4. The van der Waals surface area contributed by atoms with Crippen molar-refractivity contribution in [3.8, 4) is 0 Å². The summed E-state index contributed by atoms with van der Waals surface area (Å²) in [7, 11) is -3.52. The summed E-state index contributed by atoms with van der Waals surface area (Å²) in [5.41, 5.74) is 3.15. The molecule has 0 bridgehead atoms. The third-order valence-electron chi connectivity index (χ3n) is 5.53. The van der Waals surface area contributed by atoms with Gasteiger partial charge in [0.15, 0.2) is 0 Å². The summed E-state index contributed by atoms with van der Waals surface area (Å²) in [6.07, 6.45) is 6.58. The zero-order chi connectivity index (χ0) is 19.5. The first-order valence-corrected chi connectivity index (χ1v) is 11.8. The molecular formula is C22H37NO2S. The Morgan fingerprint density at radius 2 is 1.27 bits per heavy atom. The highest BCUT2D eigenvalue weighted by atomic mass is 32.2. The summed E-state index contributed by atoms with van der Waals surface area (Å²) in [6, 6.07) is 4.30. The molecule has 1 aliphatic rings. The van der Waals surface area contributed by atoms with Gasteiger partial charge in [-0.15, -0.1) is 0 Å². The van der Waals surface area contributed by atoms with E-state index in [9.17, 15) is 8.42 Å². The molecule has 0 aromatic heterocycles. The molecule has 0 spiro atoms. The average molecular weight is 380 g/mol. The lowest BCUT2D eigenvalue weighted by atomic mass is 9.89. The largest absolute Gasteiger partial charge is 0.241 e. The standard InChI is InChI=1S/C22H37NO2S/c1-15(2)18-13-20(16(3)4)22(21(14-18)17(5)6)26(24,25)23-19-11-9-7-8-10-12-19/h13-17,19,23H,7-12H2,1-6H3. The van der Waals surface area contributed by atoms with E-state index < -0.39 is 10.0 Å². The van der Waals surface area contributed by atoms with Crippen molar-refractivity contribution in [2.45, 2.75) is 109 Å². The van der Waals surface area contributed by atoms with Crippen LogP contribution in [-0.2, 0) is 10.0 Å². The molecule has 0 aliphatic heterocycles. The molecule has 0 amide bonds. The molecule has 3 nitrogen and oxygen atoms in total. The highest BCUT2D eigenvalue weighted by Crippen LogP contribution is 2.35. The molecule has 4 heteroatoms. The van der Waals surface area contributed by atoms with E-state index >= 15 is 0 Å². The lowest BCUT2D eigenvalue weighted by Crippen LogP contribution is -2.35. The smallest absolute Gasteiger partial charge is 0.208 e. The second-order valence-corrected chi connectivity index (χ2v) is 10.5. The molecule has 0 unspecified atom stereocenters. The van der Waals surface area contributed by atoms with Gasteiger partial charge in [-0.05, 0) is 47.3 Å². The van der Waals surface area contributed by atoms with Gasteiger partial charge in [-0.25, -0.2) is 13.1 Å². The van der Waals surface area contributed by atoms with Crippen molar-refractivity contribution in [2.24, 2.45) is 0 Å².